The molecule has 0 fully saturated rings. The van der Waals surface area contributed by atoms with Crippen molar-refractivity contribution in [3.63, 3.8) is 0 Å². The largest absolute Gasteiger partial charge is 0.365 e. The van der Waals surface area contributed by atoms with Crippen LogP contribution in [0.25, 0.3) is 0 Å². The topological polar surface area (TPSA) is 60.9 Å². The molecule has 2 N–H and O–H groups in total. The molecule has 0 bridgehead atoms. The van der Waals surface area contributed by atoms with Crippen molar-refractivity contribution in [1.29, 1.82) is 0 Å². The maximum atomic E-state index is 13.2. The lowest BCUT2D eigenvalue weighted by Gasteiger charge is -1.94. The van der Waals surface area contributed by atoms with Gasteiger partial charge in [-0.2, -0.15) is 9.49 Å². The average molecular weight is 207 g/mol. The number of nitrogens with zero attached hydrogens (tertiary/aromatic N) is 2. The third-order valence-electron chi connectivity index (χ3n) is 1.67. The van der Waals surface area contributed by atoms with Crippen LogP contribution in [0.15, 0.2) is 0 Å². The van der Waals surface area contributed by atoms with Gasteiger partial charge in [-0.1, -0.05) is 0 Å². The first kappa shape index (κ1) is 10.6. The van der Waals surface area contributed by atoms with Crippen LogP contribution in [0.1, 0.15) is 29.4 Å². The SMILES string of the molecule is CCn1nc(C(F)F)c(C(N)=O)c1F. The third-order valence-corrected chi connectivity index (χ3v) is 1.67. The van der Waals surface area contributed by atoms with Gasteiger partial charge in [0.25, 0.3) is 12.3 Å². The Hall–Kier alpha value is -1.53. The molecule has 0 aliphatic carbocycles. The highest BCUT2D eigenvalue weighted by Crippen LogP contribution is 2.23. The van der Waals surface area contributed by atoms with Crippen LogP contribution in [-0.4, -0.2) is 15.7 Å². The number of aryl methyl sites for hydroxylation is 1. The van der Waals surface area contributed by atoms with Crippen LogP contribution in [-0.2, 0) is 6.54 Å². The Bertz CT molecular complexity index is 361. The Balaban J connectivity index is 3.35. The number of rotatable bonds is 3. The predicted octanol–water partition coefficient (Wildman–Crippen LogP) is 1.08. The second kappa shape index (κ2) is 3.69. The summed E-state index contributed by atoms with van der Waals surface area (Å²) in [5.41, 5.74) is 3.02. The van der Waals surface area contributed by atoms with Gasteiger partial charge >= 0.3 is 0 Å². The molecule has 0 aliphatic rings. The molecule has 78 valence electrons. The summed E-state index contributed by atoms with van der Waals surface area (Å²) in [4.78, 5) is 10.7. The fraction of sp³-hybridized carbons (Fsp3) is 0.429. The predicted molar refractivity (Wildman–Crippen MR) is 41.3 cm³/mol. The van der Waals surface area contributed by atoms with Crippen LogP contribution in [0.4, 0.5) is 13.2 Å². The quantitative estimate of drug-likeness (QED) is 0.806. The van der Waals surface area contributed by atoms with E-state index in [1.165, 1.54) is 6.92 Å². The number of amides is 1. The van der Waals surface area contributed by atoms with Gasteiger partial charge in [0.2, 0.25) is 5.95 Å². The molecule has 0 aliphatic heterocycles. The average Bonchev–Trinajstić information content (AvgIpc) is 2.42. The Kier molecular flexibility index (Phi) is 2.78. The summed E-state index contributed by atoms with van der Waals surface area (Å²) in [6, 6.07) is 0. The van der Waals surface area contributed by atoms with Crippen LogP contribution in [0.2, 0.25) is 0 Å². The van der Waals surface area contributed by atoms with E-state index in [2.05, 4.69) is 5.10 Å². The van der Waals surface area contributed by atoms with E-state index in [-0.39, 0.29) is 6.54 Å². The van der Waals surface area contributed by atoms with E-state index in [9.17, 15) is 18.0 Å². The fourth-order valence-corrected chi connectivity index (χ4v) is 1.05. The van der Waals surface area contributed by atoms with E-state index in [1.807, 2.05) is 0 Å². The lowest BCUT2D eigenvalue weighted by Crippen LogP contribution is -2.15. The van der Waals surface area contributed by atoms with Crippen molar-refractivity contribution in [3.05, 3.63) is 17.2 Å². The molecule has 1 aromatic rings. The van der Waals surface area contributed by atoms with E-state index in [1.54, 1.807) is 0 Å². The molecule has 1 heterocycles. The molecule has 7 heteroatoms. The molecule has 1 amide bonds. The summed E-state index contributed by atoms with van der Waals surface area (Å²) in [5, 5.41) is 3.24. The number of halogens is 3. The monoisotopic (exact) mass is 207 g/mol. The molecular formula is C7H8F3N3O. The van der Waals surface area contributed by atoms with Crippen LogP contribution in [0.5, 0.6) is 0 Å². The molecule has 0 radical (unpaired) electrons. The zero-order chi connectivity index (χ0) is 10.9. The van der Waals surface area contributed by atoms with Gasteiger partial charge in [-0.25, -0.2) is 13.5 Å². The van der Waals surface area contributed by atoms with Crippen molar-refractivity contribution < 1.29 is 18.0 Å². The van der Waals surface area contributed by atoms with Gasteiger partial charge in [0.15, 0.2) is 0 Å². The van der Waals surface area contributed by atoms with Gasteiger partial charge in [-0.15, -0.1) is 0 Å². The zero-order valence-corrected chi connectivity index (χ0v) is 7.30. The van der Waals surface area contributed by atoms with Crippen LogP contribution in [0, 0.1) is 5.95 Å². The first-order valence-corrected chi connectivity index (χ1v) is 3.83. The molecule has 0 unspecified atom stereocenters. The smallest absolute Gasteiger partial charge is 0.283 e. The number of carbonyl (C=O) groups excluding carboxylic acids is 1. The molecule has 14 heavy (non-hydrogen) atoms. The number of hydrogen-bond acceptors (Lipinski definition) is 2. The van der Waals surface area contributed by atoms with Crippen molar-refractivity contribution in [2.24, 2.45) is 5.73 Å². The van der Waals surface area contributed by atoms with Gasteiger partial charge in [0.05, 0.1) is 0 Å². The van der Waals surface area contributed by atoms with E-state index in [4.69, 9.17) is 5.73 Å². The summed E-state index contributed by atoms with van der Waals surface area (Å²) < 4.78 is 38.4. The highest BCUT2D eigenvalue weighted by molar-refractivity contribution is 5.94. The Labute approximate surface area is 77.5 Å². The summed E-state index contributed by atoms with van der Waals surface area (Å²) in [5.74, 6) is -2.35. The highest BCUT2D eigenvalue weighted by atomic mass is 19.3. The molecular weight excluding hydrogens is 199 g/mol. The highest BCUT2D eigenvalue weighted by Gasteiger charge is 2.27. The molecule has 0 spiro atoms. The minimum Gasteiger partial charge on any atom is -0.365 e. The number of aromatic nitrogens is 2. The van der Waals surface area contributed by atoms with E-state index in [0.29, 0.717) is 4.68 Å². The Morgan fingerprint density at radius 2 is 2.21 bits per heavy atom. The first-order chi connectivity index (χ1) is 6.49. The van der Waals surface area contributed by atoms with E-state index in [0.717, 1.165) is 0 Å². The minimum atomic E-state index is -3.01. The van der Waals surface area contributed by atoms with Crippen LogP contribution >= 0.6 is 0 Å². The second-order valence-corrected chi connectivity index (χ2v) is 2.53. The molecule has 0 saturated carbocycles. The first-order valence-electron chi connectivity index (χ1n) is 3.83. The van der Waals surface area contributed by atoms with Crippen molar-refractivity contribution in [2.45, 2.75) is 19.9 Å². The fourth-order valence-electron chi connectivity index (χ4n) is 1.05. The number of primary amides is 1. The van der Waals surface area contributed by atoms with Crippen LogP contribution in [0.3, 0.4) is 0 Å². The zero-order valence-electron chi connectivity index (χ0n) is 7.30. The Morgan fingerprint density at radius 3 is 2.50 bits per heavy atom. The van der Waals surface area contributed by atoms with Crippen molar-refractivity contribution in [2.75, 3.05) is 0 Å². The van der Waals surface area contributed by atoms with Gasteiger partial charge in [-0.05, 0) is 6.92 Å². The third kappa shape index (κ3) is 1.57. The molecule has 0 aromatic carbocycles. The normalized spacial score (nSPS) is 10.9. The summed E-state index contributed by atoms with van der Waals surface area (Å²) in [7, 11) is 0. The minimum absolute atomic E-state index is 0.0544. The molecule has 1 rings (SSSR count). The summed E-state index contributed by atoms with van der Waals surface area (Å²) in [6.07, 6.45) is -3.01. The molecule has 0 atom stereocenters. The molecule has 1 aromatic heterocycles. The lowest BCUT2D eigenvalue weighted by molar-refractivity contribution is 0.0980. The Morgan fingerprint density at radius 1 is 1.64 bits per heavy atom. The van der Waals surface area contributed by atoms with Crippen LogP contribution < -0.4 is 5.73 Å². The van der Waals surface area contributed by atoms with E-state index < -0.39 is 29.5 Å². The number of nitrogens with two attached hydrogens (primary N) is 1. The van der Waals surface area contributed by atoms with Crippen molar-refractivity contribution >= 4 is 5.91 Å². The number of hydrogen-bond donors (Lipinski definition) is 1. The lowest BCUT2D eigenvalue weighted by atomic mass is 10.2. The number of carbonyl (C=O) groups is 1. The second-order valence-electron chi connectivity index (χ2n) is 2.53. The van der Waals surface area contributed by atoms with Gasteiger partial charge in [0, 0.05) is 6.54 Å². The van der Waals surface area contributed by atoms with Crippen molar-refractivity contribution in [1.82, 2.24) is 9.78 Å². The molecule has 4 nitrogen and oxygen atoms in total. The molecule has 0 saturated heterocycles. The number of alkyl halides is 2. The van der Waals surface area contributed by atoms with Gasteiger partial charge in [0.1, 0.15) is 11.3 Å². The summed E-state index contributed by atoms with van der Waals surface area (Å²) >= 11 is 0. The standard InChI is InChI=1S/C7H8F3N3O/c1-2-13-6(10)3(7(11)14)4(12-13)5(8)9/h5H,2H2,1H3,(H2,11,14). The van der Waals surface area contributed by atoms with Gasteiger partial charge < -0.3 is 5.73 Å². The van der Waals surface area contributed by atoms with Crippen molar-refractivity contribution in [3.8, 4) is 0 Å². The summed E-state index contributed by atoms with van der Waals surface area (Å²) in [6.45, 7) is 1.56. The maximum absolute atomic E-state index is 13.2. The van der Waals surface area contributed by atoms with Gasteiger partial charge in [-0.3, -0.25) is 4.79 Å². The maximum Gasteiger partial charge on any atom is 0.283 e. The van der Waals surface area contributed by atoms with E-state index >= 15 is 0 Å².